The molecular weight excluding hydrogens is 281 g/mol. The average Bonchev–Trinajstić information content (AvgIpc) is 2.55. The second-order valence-electron chi connectivity index (χ2n) is 5.16. The molecule has 22 heavy (non-hydrogen) atoms. The number of amides is 1. The Morgan fingerprint density at radius 1 is 1.14 bits per heavy atom. The number of carbonyl (C=O) groups is 1. The van der Waals surface area contributed by atoms with Gasteiger partial charge >= 0.3 is 0 Å². The first-order chi connectivity index (χ1) is 10.6. The molecule has 1 amide bonds. The van der Waals surface area contributed by atoms with Crippen molar-refractivity contribution in [2.75, 3.05) is 13.7 Å². The highest BCUT2D eigenvalue weighted by Gasteiger charge is 2.14. The summed E-state index contributed by atoms with van der Waals surface area (Å²) in [4.78, 5) is 12.1. The van der Waals surface area contributed by atoms with Crippen LogP contribution in [0.1, 0.15) is 24.0 Å². The fraction of sp³-hybridized carbons (Fsp3) is 0.278. The van der Waals surface area contributed by atoms with Crippen LogP contribution in [0, 0.1) is 5.82 Å². The van der Waals surface area contributed by atoms with Crippen molar-refractivity contribution in [2.45, 2.75) is 19.3 Å². The Morgan fingerprint density at radius 2 is 1.77 bits per heavy atom. The van der Waals surface area contributed by atoms with E-state index in [2.05, 4.69) is 5.32 Å². The molecule has 2 aromatic rings. The highest BCUT2D eigenvalue weighted by atomic mass is 19.1. The number of carbonyl (C=O) groups excluding carboxylic acids is 1. The number of methoxy groups -OCH3 is 1. The van der Waals surface area contributed by atoms with E-state index in [4.69, 9.17) is 4.74 Å². The minimum absolute atomic E-state index is 0.0554. The maximum Gasteiger partial charge on any atom is 0.227 e. The Kier molecular flexibility index (Phi) is 5.53. The van der Waals surface area contributed by atoms with Crippen molar-refractivity contribution in [1.29, 1.82) is 0 Å². The molecule has 116 valence electrons. The minimum atomic E-state index is -0.295. The second kappa shape index (κ2) is 7.59. The van der Waals surface area contributed by atoms with Gasteiger partial charge in [-0.3, -0.25) is 4.79 Å². The van der Waals surface area contributed by atoms with Gasteiger partial charge in [-0.1, -0.05) is 24.3 Å². The highest BCUT2D eigenvalue weighted by Crippen LogP contribution is 2.16. The lowest BCUT2D eigenvalue weighted by atomic mass is 10.0. The van der Waals surface area contributed by atoms with Gasteiger partial charge in [0.1, 0.15) is 11.6 Å². The molecule has 0 heterocycles. The van der Waals surface area contributed by atoms with Gasteiger partial charge in [-0.15, -0.1) is 0 Å². The molecule has 0 bridgehead atoms. The molecule has 2 aromatic carbocycles. The summed E-state index contributed by atoms with van der Waals surface area (Å²) in [6.45, 7) is 2.38. The first kappa shape index (κ1) is 16.0. The Bertz CT molecular complexity index is 608. The fourth-order valence-corrected chi connectivity index (χ4v) is 2.18. The summed E-state index contributed by atoms with van der Waals surface area (Å²) in [5.41, 5.74) is 1.94. The van der Waals surface area contributed by atoms with Gasteiger partial charge in [0, 0.05) is 6.54 Å². The van der Waals surface area contributed by atoms with Crippen LogP contribution in [0.5, 0.6) is 5.75 Å². The van der Waals surface area contributed by atoms with Crippen LogP contribution in [-0.2, 0) is 11.2 Å². The Hall–Kier alpha value is -2.36. The van der Waals surface area contributed by atoms with Crippen molar-refractivity contribution in [3.05, 3.63) is 65.5 Å². The molecule has 0 aliphatic heterocycles. The van der Waals surface area contributed by atoms with Crippen molar-refractivity contribution >= 4 is 5.91 Å². The molecule has 0 spiro atoms. The van der Waals surface area contributed by atoms with E-state index in [1.54, 1.807) is 19.2 Å². The molecule has 1 unspecified atom stereocenters. The normalized spacial score (nSPS) is 11.8. The third-order valence-electron chi connectivity index (χ3n) is 3.64. The zero-order chi connectivity index (χ0) is 15.9. The number of hydrogen-bond acceptors (Lipinski definition) is 2. The Balaban J connectivity index is 1.82. The van der Waals surface area contributed by atoms with Crippen molar-refractivity contribution in [3.63, 3.8) is 0 Å². The molecule has 1 N–H and O–H groups in total. The predicted octanol–water partition coefficient (Wildman–Crippen LogP) is 3.30. The van der Waals surface area contributed by atoms with Gasteiger partial charge in [0.15, 0.2) is 0 Å². The molecule has 0 saturated carbocycles. The van der Waals surface area contributed by atoms with Crippen LogP contribution in [0.3, 0.4) is 0 Å². The Morgan fingerprint density at radius 3 is 2.36 bits per heavy atom. The first-order valence-electron chi connectivity index (χ1n) is 7.26. The van der Waals surface area contributed by atoms with Crippen LogP contribution >= 0.6 is 0 Å². The van der Waals surface area contributed by atoms with Crippen molar-refractivity contribution in [1.82, 2.24) is 5.32 Å². The van der Waals surface area contributed by atoms with Gasteiger partial charge in [0.2, 0.25) is 5.91 Å². The van der Waals surface area contributed by atoms with Crippen LogP contribution < -0.4 is 10.1 Å². The molecule has 2 rings (SSSR count). The van der Waals surface area contributed by atoms with Crippen molar-refractivity contribution < 1.29 is 13.9 Å². The van der Waals surface area contributed by atoms with Crippen LogP contribution in [-0.4, -0.2) is 19.6 Å². The topological polar surface area (TPSA) is 38.3 Å². The van der Waals surface area contributed by atoms with E-state index in [0.29, 0.717) is 6.54 Å². The number of rotatable bonds is 6. The van der Waals surface area contributed by atoms with Gasteiger partial charge in [-0.05, 0) is 48.7 Å². The molecule has 0 saturated heterocycles. The SMILES string of the molecule is COc1ccc(CCNC(=O)C(C)c2ccc(F)cc2)cc1. The van der Waals surface area contributed by atoms with Crippen molar-refractivity contribution in [3.8, 4) is 5.75 Å². The lowest BCUT2D eigenvalue weighted by molar-refractivity contribution is -0.122. The van der Waals surface area contributed by atoms with Gasteiger partial charge in [-0.2, -0.15) is 0 Å². The third-order valence-corrected chi connectivity index (χ3v) is 3.64. The summed E-state index contributed by atoms with van der Waals surface area (Å²) in [6.07, 6.45) is 0.756. The van der Waals surface area contributed by atoms with E-state index < -0.39 is 0 Å². The van der Waals surface area contributed by atoms with Crippen molar-refractivity contribution in [2.24, 2.45) is 0 Å². The van der Waals surface area contributed by atoms with E-state index in [-0.39, 0.29) is 17.6 Å². The van der Waals surface area contributed by atoms with E-state index in [9.17, 15) is 9.18 Å². The number of nitrogens with one attached hydrogen (secondary N) is 1. The summed E-state index contributed by atoms with van der Waals surface area (Å²) >= 11 is 0. The fourth-order valence-electron chi connectivity index (χ4n) is 2.18. The smallest absolute Gasteiger partial charge is 0.227 e. The molecule has 0 aliphatic rings. The molecule has 0 aliphatic carbocycles. The largest absolute Gasteiger partial charge is 0.497 e. The van der Waals surface area contributed by atoms with Gasteiger partial charge < -0.3 is 10.1 Å². The van der Waals surface area contributed by atoms with E-state index in [1.165, 1.54) is 12.1 Å². The minimum Gasteiger partial charge on any atom is -0.497 e. The number of benzene rings is 2. The number of ether oxygens (including phenoxy) is 1. The first-order valence-corrected chi connectivity index (χ1v) is 7.26. The summed E-state index contributed by atoms with van der Waals surface area (Å²) in [6, 6.07) is 13.8. The molecule has 1 atom stereocenters. The second-order valence-corrected chi connectivity index (χ2v) is 5.16. The molecule has 3 nitrogen and oxygen atoms in total. The molecule has 0 fully saturated rings. The maximum absolute atomic E-state index is 12.9. The lowest BCUT2D eigenvalue weighted by Gasteiger charge is -2.12. The van der Waals surface area contributed by atoms with Crippen LogP contribution in [0.15, 0.2) is 48.5 Å². The standard InChI is InChI=1S/C18H20FNO2/c1-13(15-5-7-16(19)8-6-15)18(21)20-12-11-14-3-9-17(22-2)10-4-14/h3-10,13H,11-12H2,1-2H3,(H,20,21). The molecule has 0 radical (unpaired) electrons. The lowest BCUT2D eigenvalue weighted by Crippen LogP contribution is -2.29. The van der Waals surface area contributed by atoms with E-state index in [0.717, 1.165) is 23.3 Å². The van der Waals surface area contributed by atoms with Crippen LogP contribution in [0.25, 0.3) is 0 Å². The quantitative estimate of drug-likeness (QED) is 0.889. The maximum atomic E-state index is 12.9. The molecular formula is C18H20FNO2. The Labute approximate surface area is 130 Å². The van der Waals surface area contributed by atoms with Crippen LogP contribution in [0.2, 0.25) is 0 Å². The molecule has 0 aromatic heterocycles. The predicted molar refractivity (Wildman–Crippen MR) is 84.5 cm³/mol. The summed E-state index contributed by atoms with van der Waals surface area (Å²) in [5, 5.41) is 2.91. The summed E-state index contributed by atoms with van der Waals surface area (Å²) < 4.78 is 18.0. The zero-order valence-corrected chi connectivity index (χ0v) is 12.8. The van der Waals surface area contributed by atoms with Gasteiger partial charge in [0.25, 0.3) is 0 Å². The third kappa shape index (κ3) is 4.32. The van der Waals surface area contributed by atoms with Gasteiger partial charge in [-0.25, -0.2) is 4.39 Å². The zero-order valence-electron chi connectivity index (χ0n) is 12.8. The summed E-state index contributed by atoms with van der Waals surface area (Å²) in [5.74, 6) is 0.171. The van der Waals surface area contributed by atoms with Gasteiger partial charge in [0.05, 0.1) is 13.0 Å². The average molecular weight is 301 g/mol. The van der Waals surface area contributed by atoms with E-state index in [1.807, 2.05) is 31.2 Å². The van der Waals surface area contributed by atoms with E-state index >= 15 is 0 Å². The number of halogens is 1. The highest BCUT2D eigenvalue weighted by molar-refractivity contribution is 5.83. The van der Waals surface area contributed by atoms with Crippen LogP contribution in [0.4, 0.5) is 4.39 Å². The number of hydrogen-bond donors (Lipinski definition) is 1. The monoisotopic (exact) mass is 301 g/mol. The molecule has 4 heteroatoms. The summed E-state index contributed by atoms with van der Waals surface area (Å²) in [7, 11) is 1.63.